The van der Waals surface area contributed by atoms with Gasteiger partial charge in [-0.1, -0.05) is 29.8 Å². The molecule has 1 aromatic heterocycles. The number of amides is 4. The lowest BCUT2D eigenvalue weighted by Crippen LogP contribution is -2.49. The van der Waals surface area contributed by atoms with Crippen LogP contribution in [-0.4, -0.2) is 46.9 Å². The summed E-state index contributed by atoms with van der Waals surface area (Å²) in [6.07, 6.45) is 2.99. The van der Waals surface area contributed by atoms with Crippen molar-refractivity contribution in [1.29, 1.82) is 0 Å². The van der Waals surface area contributed by atoms with Crippen LogP contribution in [-0.2, 0) is 11.3 Å². The zero-order valence-electron chi connectivity index (χ0n) is 17.8. The van der Waals surface area contributed by atoms with E-state index in [0.717, 1.165) is 5.56 Å². The van der Waals surface area contributed by atoms with Gasteiger partial charge in [-0.15, -0.1) is 0 Å². The van der Waals surface area contributed by atoms with Crippen LogP contribution in [0.5, 0.6) is 0 Å². The van der Waals surface area contributed by atoms with E-state index in [-0.39, 0.29) is 36.6 Å². The summed E-state index contributed by atoms with van der Waals surface area (Å²) in [5.41, 5.74) is 7.60. The van der Waals surface area contributed by atoms with E-state index in [0.29, 0.717) is 22.7 Å². The largest absolute Gasteiger partial charge is 0.445 e. The molecule has 3 N–H and O–H groups in total. The number of carbonyl (C=O) groups excluding carboxylic acids is 3. The number of benzene rings is 2. The molecule has 4 amide bonds. The Morgan fingerprint density at radius 1 is 1.24 bits per heavy atom. The van der Waals surface area contributed by atoms with E-state index in [4.69, 9.17) is 21.8 Å². The third-order valence-corrected chi connectivity index (χ3v) is 5.71. The molecule has 2 heterocycles. The number of nitrogens with two attached hydrogens (primary N) is 1. The quantitative estimate of drug-likeness (QED) is 0.610. The molecule has 0 unspecified atom stereocenters. The number of carbonyl (C=O) groups is 3. The molecule has 4 rings (SSSR count). The van der Waals surface area contributed by atoms with Gasteiger partial charge >= 0.3 is 6.03 Å². The summed E-state index contributed by atoms with van der Waals surface area (Å²) in [7, 11) is 0. The molecule has 2 aromatic carbocycles. The van der Waals surface area contributed by atoms with Crippen molar-refractivity contribution in [3.63, 3.8) is 0 Å². The van der Waals surface area contributed by atoms with Crippen LogP contribution in [0.2, 0.25) is 5.02 Å². The summed E-state index contributed by atoms with van der Waals surface area (Å²) in [6, 6.07) is 11.6. The molecule has 1 aliphatic heterocycles. The molecule has 9 nitrogen and oxygen atoms in total. The molecule has 0 radical (unpaired) electrons. The van der Waals surface area contributed by atoms with E-state index < -0.39 is 11.9 Å². The summed E-state index contributed by atoms with van der Waals surface area (Å²) in [6.45, 7) is 2.07. The lowest BCUT2D eigenvalue weighted by atomic mass is 10.1. The molecule has 10 heteroatoms. The zero-order chi connectivity index (χ0) is 23.5. The minimum Gasteiger partial charge on any atom is -0.445 e. The number of hydrogen-bond acceptors (Lipinski definition) is 5. The zero-order valence-corrected chi connectivity index (χ0v) is 18.6. The molecule has 0 spiro atoms. The van der Waals surface area contributed by atoms with E-state index in [1.54, 1.807) is 28.0 Å². The van der Waals surface area contributed by atoms with Crippen LogP contribution in [0, 0.1) is 0 Å². The fourth-order valence-corrected chi connectivity index (χ4v) is 4.03. The fourth-order valence-electron chi connectivity index (χ4n) is 3.77. The number of urea groups is 1. The van der Waals surface area contributed by atoms with E-state index >= 15 is 0 Å². The van der Waals surface area contributed by atoms with Gasteiger partial charge in [-0.2, -0.15) is 0 Å². The maximum Gasteiger partial charge on any atom is 0.318 e. The van der Waals surface area contributed by atoms with E-state index in [1.807, 2.05) is 31.2 Å². The lowest BCUT2D eigenvalue weighted by molar-refractivity contribution is -0.117. The molecule has 0 bridgehead atoms. The maximum atomic E-state index is 13.6. The Kier molecular flexibility index (Phi) is 6.32. The lowest BCUT2D eigenvalue weighted by Gasteiger charge is -2.29. The van der Waals surface area contributed by atoms with Crippen molar-refractivity contribution < 1.29 is 18.8 Å². The number of anilines is 1. The molecule has 0 saturated heterocycles. The van der Waals surface area contributed by atoms with Crippen molar-refractivity contribution in [1.82, 2.24) is 15.2 Å². The monoisotopic (exact) mass is 467 g/mol. The first-order chi connectivity index (χ1) is 15.8. The standard InChI is InChI=1S/C23H22ClN5O4/c1-14-12-29(22(31)17-7-6-15(10-18(17)24)21-26-8-9-33-21)19-5-3-2-4-16(19)13-28(14)23(32)27-11-20(25)30/h2-10,14H,11-13H2,1H3,(H2,25,30)(H,27,32)/t14-/m1/s1. The van der Waals surface area contributed by atoms with Gasteiger partial charge in [0.2, 0.25) is 11.8 Å². The first-order valence-electron chi connectivity index (χ1n) is 10.3. The average molecular weight is 468 g/mol. The predicted octanol–water partition coefficient (Wildman–Crippen LogP) is 3.04. The molecule has 0 saturated carbocycles. The highest BCUT2D eigenvalue weighted by Gasteiger charge is 2.32. The number of hydrogen-bond donors (Lipinski definition) is 2. The predicted molar refractivity (Wildman–Crippen MR) is 123 cm³/mol. The van der Waals surface area contributed by atoms with Gasteiger partial charge in [-0.25, -0.2) is 9.78 Å². The number of oxazole rings is 1. The van der Waals surface area contributed by atoms with E-state index in [1.165, 1.54) is 12.5 Å². The van der Waals surface area contributed by atoms with Crippen LogP contribution in [0.25, 0.3) is 11.5 Å². The van der Waals surface area contributed by atoms with Gasteiger partial charge in [-0.05, 0) is 36.8 Å². The highest BCUT2D eigenvalue weighted by Crippen LogP contribution is 2.31. The molecular formula is C23H22ClN5O4. The highest BCUT2D eigenvalue weighted by molar-refractivity contribution is 6.34. The molecule has 0 aliphatic carbocycles. The maximum absolute atomic E-state index is 13.6. The van der Waals surface area contributed by atoms with Gasteiger partial charge in [0.1, 0.15) is 6.26 Å². The van der Waals surface area contributed by atoms with Crippen molar-refractivity contribution >= 4 is 35.1 Å². The Morgan fingerprint density at radius 3 is 2.73 bits per heavy atom. The Balaban J connectivity index is 1.64. The topological polar surface area (TPSA) is 122 Å². The van der Waals surface area contributed by atoms with Crippen LogP contribution in [0.1, 0.15) is 22.8 Å². The number of halogens is 1. The summed E-state index contributed by atoms with van der Waals surface area (Å²) in [5.74, 6) is -0.522. The number of rotatable bonds is 4. The van der Waals surface area contributed by atoms with Crippen LogP contribution < -0.4 is 16.0 Å². The third kappa shape index (κ3) is 4.68. The third-order valence-electron chi connectivity index (χ3n) is 5.40. The second-order valence-electron chi connectivity index (χ2n) is 7.68. The first kappa shape index (κ1) is 22.3. The van der Waals surface area contributed by atoms with Gasteiger partial charge in [0, 0.05) is 30.4 Å². The van der Waals surface area contributed by atoms with Crippen molar-refractivity contribution in [3.8, 4) is 11.5 Å². The van der Waals surface area contributed by atoms with Crippen LogP contribution in [0.4, 0.5) is 10.5 Å². The normalized spacial score (nSPS) is 15.5. The van der Waals surface area contributed by atoms with Gasteiger partial charge < -0.3 is 25.3 Å². The van der Waals surface area contributed by atoms with Gasteiger partial charge in [-0.3, -0.25) is 9.59 Å². The molecule has 3 aromatic rings. The number of nitrogens with zero attached hydrogens (tertiary/aromatic N) is 3. The SMILES string of the molecule is C[C@@H]1CN(C(=O)c2ccc(-c3ncco3)cc2Cl)c2ccccc2CN1C(=O)NCC(N)=O. The molecule has 33 heavy (non-hydrogen) atoms. The minimum atomic E-state index is -0.633. The molecule has 0 fully saturated rings. The summed E-state index contributed by atoms with van der Waals surface area (Å²) < 4.78 is 5.30. The van der Waals surface area contributed by atoms with Crippen molar-refractivity contribution in [3.05, 3.63) is 71.1 Å². The van der Waals surface area contributed by atoms with Crippen molar-refractivity contribution in [2.75, 3.05) is 18.0 Å². The minimum absolute atomic E-state index is 0.234. The second kappa shape index (κ2) is 9.33. The molecule has 1 aliphatic rings. The average Bonchev–Trinajstić information content (AvgIpc) is 3.29. The number of para-hydroxylation sites is 1. The van der Waals surface area contributed by atoms with E-state index in [2.05, 4.69) is 10.3 Å². The van der Waals surface area contributed by atoms with Crippen molar-refractivity contribution in [2.24, 2.45) is 5.73 Å². The summed E-state index contributed by atoms with van der Waals surface area (Å²) in [5, 5.41) is 2.78. The van der Waals surface area contributed by atoms with Crippen LogP contribution >= 0.6 is 11.6 Å². The summed E-state index contributed by atoms with van der Waals surface area (Å²) >= 11 is 6.48. The number of fused-ring (bicyclic) bond motifs is 1. The van der Waals surface area contributed by atoms with Crippen LogP contribution in [0.3, 0.4) is 0 Å². The van der Waals surface area contributed by atoms with Gasteiger partial charge in [0.05, 0.1) is 23.3 Å². The number of nitrogens with one attached hydrogen (secondary N) is 1. The van der Waals surface area contributed by atoms with Gasteiger partial charge in [0.15, 0.2) is 0 Å². The van der Waals surface area contributed by atoms with Crippen LogP contribution in [0.15, 0.2) is 59.3 Å². The smallest absolute Gasteiger partial charge is 0.318 e. The van der Waals surface area contributed by atoms with E-state index in [9.17, 15) is 14.4 Å². The Labute approximate surface area is 195 Å². The first-order valence-corrected chi connectivity index (χ1v) is 10.6. The number of primary amides is 1. The molecular weight excluding hydrogens is 446 g/mol. The molecule has 170 valence electrons. The van der Waals surface area contributed by atoms with Gasteiger partial charge in [0.25, 0.3) is 5.91 Å². The second-order valence-corrected chi connectivity index (χ2v) is 8.09. The fraction of sp³-hybridized carbons (Fsp3) is 0.217. The Hall–Kier alpha value is -3.85. The highest BCUT2D eigenvalue weighted by atomic mass is 35.5. The Bertz CT molecular complexity index is 1200. The Morgan fingerprint density at radius 2 is 2.03 bits per heavy atom. The number of aromatic nitrogens is 1. The summed E-state index contributed by atoms with van der Waals surface area (Å²) in [4.78, 5) is 44.7. The van der Waals surface area contributed by atoms with Crippen molar-refractivity contribution in [2.45, 2.75) is 19.5 Å². The molecule has 1 atom stereocenters.